The molecule has 3 rings (SSSR count). The lowest BCUT2D eigenvalue weighted by molar-refractivity contribution is -0.131. The molecule has 8 heteroatoms. The van der Waals surface area contributed by atoms with E-state index in [9.17, 15) is 14.8 Å². The Bertz CT molecular complexity index is 825. The van der Waals surface area contributed by atoms with Crippen molar-refractivity contribution in [2.45, 2.75) is 38.7 Å². The van der Waals surface area contributed by atoms with Crippen molar-refractivity contribution < 1.29 is 19.7 Å². The molecule has 1 aliphatic rings. The van der Waals surface area contributed by atoms with E-state index in [0.29, 0.717) is 18.6 Å². The van der Waals surface area contributed by atoms with Gasteiger partial charge in [0.25, 0.3) is 5.91 Å². The number of benzene rings is 1. The first kappa shape index (κ1) is 20.0. The quantitative estimate of drug-likeness (QED) is 0.635. The van der Waals surface area contributed by atoms with Crippen molar-refractivity contribution in [3.05, 3.63) is 54.2 Å². The van der Waals surface area contributed by atoms with Crippen molar-refractivity contribution in [1.29, 1.82) is 0 Å². The maximum absolute atomic E-state index is 12.4. The lowest BCUT2D eigenvalue weighted by Crippen LogP contribution is -2.50. The minimum Gasteiger partial charge on any atom is -0.426 e. The first-order valence-electron chi connectivity index (χ1n) is 9.35. The van der Waals surface area contributed by atoms with Gasteiger partial charge in [0.15, 0.2) is 0 Å². The fourth-order valence-electron chi connectivity index (χ4n) is 3.09. The van der Waals surface area contributed by atoms with Crippen LogP contribution in [0.2, 0.25) is 0 Å². The second-order valence-corrected chi connectivity index (χ2v) is 7.29. The SMILES string of the molecule is CC(C)C[C@H](NC(=O)C1CC(c2ccc(-c3ccccn3)cc2)=NO1)B(O)O. The number of carbonyl (C=O) groups excluding carboxylic acids is 1. The van der Waals surface area contributed by atoms with E-state index in [-0.39, 0.29) is 5.92 Å². The van der Waals surface area contributed by atoms with E-state index in [0.717, 1.165) is 16.8 Å². The number of nitrogens with zero attached hydrogens (tertiary/aromatic N) is 2. The van der Waals surface area contributed by atoms with Gasteiger partial charge in [-0.05, 0) is 30.0 Å². The molecule has 1 unspecified atom stereocenters. The predicted molar refractivity (Wildman–Crippen MR) is 107 cm³/mol. The van der Waals surface area contributed by atoms with Crippen molar-refractivity contribution >= 4 is 18.7 Å². The summed E-state index contributed by atoms with van der Waals surface area (Å²) >= 11 is 0. The maximum atomic E-state index is 12.4. The second kappa shape index (κ2) is 8.99. The highest BCUT2D eigenvalue weighted by molar-refractivity contribution is 6.43. The molecule has 3 N–H and O–H groups in total. The molecule has 1 amide bonds. The molecule has 2 aromatic rings. The van der Waals surface area contributed by atoms with Crippen molar-refractivity contribution in [1.82, 2.24) is 10.3 Å². The van der Waals surface area contributed by atoms with Crippen LogP contribution in [0, 0.1) is 5.92 Å². The molecule has 1 aromatic heterocycles. The molecular weight excluding hydrogens is 357 g/mol. The minimum absolute atomic E-state index is 0.209. The zero-order valence-electron chi connectivity index (χ0n) is 15.9. The molecule has 1 aliphatic heterocycles. The Morgan fingerprint density at radius 1 is 1.21 bits per heavy atom. The van der Waals surface area contributed by atoms with E-state index in [1.165, 1.54) is 0 Å². The average molecular weight is 381 g/mol. The highest BCUT2D eigenvalue weighted by Crippen LogP contribution is 2.21. The predicted octanol–water partition coefficient (Wildman–Crippen LogP) is 1.78. The van der Waals surface area contributed by atoms with Crippen LogP contribution in [0.3, 0.4) is 0 Å². The summed E-state index contributed by atoms with van der Waals surface area (Å²) in [5, 5.41) is 25.6. The fraction of sp³-hybridized carbons (Fsp3) is 0.350. The van der Waals surface area contributed by atoms with Gasteiger partial charge in [0, 0.05) is 18.2 Å². The molecule has 0 radical (unpaired) electrons. The molecule has 0 spiro atoms. The Hall–Kier alpha value is -2.71. The van der Waals surface area contributed by atoms with Crippen LogP contribution in [0.4, 0.5) is 0 Å². The third-order valence-corrected chi connectivity index (χ3v) is 4.55. The van der Waals surface area contributed by atoms with Crippen LogP contribution in [0.1, 0.15) is 32.3 Å². The van der Waals surface area contributed by atoms with Gasteiger partial charge in [-0.1, -0.05) is 49.3 Å². The van der Waals surface area contributed by atoms with Gasteiger partial charge in [-0.25, -0.2) is 0 Å². The average Bonchev–Trinajstić information content (AvgIpc) is 3.18. The number of carbonyl (C=O) groups is 1. The molecule has 2 heterocycles. The molecule has 7 nitrogen and oxygen atoms in total. The van der Waals surface area contributed by atoms with Gasteiger partial charge in [-0.2, -0.15) is 0 Å². The summed E-state index contributed by atoms with van der Waals surface area (Å²) in [6.45, 7) is 3.90. The Labute approximate surface area is 164 Å². The van der Waals surface area contributed by atoms with Gasteiger partial charge in [0.05, 0.1) is 17.3 Å². The van der Waals surface area contributed by atoms with Gasteiger partial charge < -0.3 is 20.2 Å². The lowest BCUT2D eigenvalue weighted by atomic mass is 9.75. The number of hydrogen-bond donors (Lipinski definition) is 3. The Morgan fingerprint density at radius 3 is 2.54 bits per heavy atom. The zero-order chi connectivity index (χ0) is 20.1. The fourth-order valence-corrected chi connectivity index (χ4v) is 3.09. The van der Waals surface area contributed by atoms with E-state index in [1.807, 2.05) is 56.3 Å². The first-order chi connectivity index (χ1) is 13.4. The monoisotopic (exact) mass is 381 g/mol. The molecule has 2 atom stereocenters. The molecule has 0 saturated carbocycles. The van der Waals surface area contributed by atoms with Gasteiger partial charge in [-0.15, -0.1) is 0 Å². The molecule has 0 saturated heterocycles. The molecular formula is C20H24BN3O4. The molecule has 1 aromatic carbocycles. The Morgan fingerprint density at radius 2 is 1.93 bits per heavy atom. The van der Waals surface area contributed by atoms with Crippen LogP contribution in [0.25, 0.3) is 11.3 Å². The van der Waals surface area contributed by atoms with Crippen molar-refractivity contribution in [3.8, 4) is 11.3 Å². The van der Waals surface area contributed by atoms with Crippen LogP contribution in [0.5, 0.6) is 0 Å². The van der Waals surface area contributed by atoms with Crippen LogP contribution < -0.4 is 5.32 Å². The summed E-state index contributed by atoms with van der Waals surface area (Å²) in [6, 6.07) is 13.5. The van der Waals surface area contributed by atoms with E-state index in [2.05, 4.69) is 15.5 Å². The van der Waals surface area contributed by atoms with Gasteiger partial charge in [-0.3, -0.25) is 9.78 Å². The third-order valence-electron chi connectivity index (χ3n) is 4.55. The summed E-state index contributed by atoms with van der Waals surface area (Å²) in [5.41, 5.74) is 3.43. The molecule has 28 heavy (non-hydrogen) atoms. The summed E-state index contributed by atoms with van der Waals surface area (Å²) in [5.74, 6) is -0.929. The number of oxime groups is 1. The summed E-state index contributed by atoms with van der Waals surface area (Å²) in [7, 11) is -1.62. The number of aromatic nitrogens is 1. The van der Waals surface area contributed by atoms with Crippen molar-refractivity contribution in [2.24, 2.45) is 11.1 Å². The van der Waals surface area contributed by atoms with Crippen molar-refractivity contribution in [2.75, 3.05) is 0 Å². The third kappa shape index (κ3) is 4.96. The van der Waals surface area contributed by atoms with Crippen molar-refractivity contribution in [3.63, 3.8) is 0 Å². The molecule has 0 aliphatic carbocycles. The summed E-state index contributed by atoms with van der Waals surface area (Å²) in [6.07, 6.45) is 1.75. The number of rotatable bonds is 7. The molecule has 0 bridgehead atoms. The van der Waals surface area contributed by atoms with Gasteiger partial charge in [0.1, 0.15) is 0 Å². The summed E-state index contributed by atoms with van der Waals surface area (Å²) in [4.78, 5) is 22.0. The first-order valence-corrected chi connectivity index (χ1v) is 9.35. The number of amides is 1. The zero-order valence-corrected chi connectivity index (χ0v) is 15.9. The van der Waals surface area contributed by atoms with Gasteiger partial charge >= 0.3 is 7.12 Å². The van der Waals surface area contributed by atoms with Crippen LogP contribution in [-0.4, -0.2) is 45.8 Å². The second-order valence-electron chi connectivity index (χ2n) is 7.29. The molecule has 0 fully saturated rings. The van der Waals surface area contributed by atoms with E-state index in [1.54, 1.807) is 6.20 Å². The normalized spacial score (nSPS) is 17.0. The standard InChI is InChI=1S/C20H24BN3O4/c1-13(2)11-19(21(26)27)23-20(25)18-12-17(24-28-18)15-8-6-14(7-9-15)16-5-3-4-10-22-16/h3-10,13,18-19,26-27H,11-12H2,1-2H3,(H,23,25)/t18?,19-/m0/s1. The lowest BCUT2D eigenvalue weighted by Gasteiger charge is -2.20. The maximum Gasteiger partial charge on any atom is 0.475 e. The number of hydrogen-bond acceptors (Lipinski definition) is 6. The highest BCUT2D eigenvalue weighted by atomic mass is 16.6. The largest absolute Gasteiger partial charge is 0.475 e. The van der Waals surface area contributed by atoms with Crippen LogP contribution >= 0.6 is 0 Å². The van der Waals surface area contributed by atoms with E-state index >= 15 is 0 Å². The molecule has 146 valence electrons. The number of pyridine rings is 1. The number of nitrogens with one attached hydrogen (secondary N) is 1. The van der Waals surface area contributed by atoms with Crippen LogP contribution in [-0.2, 0) is 9.63 Å². The smallest absolute Gasteiger partial charge is 0.426 e. The minimum atomic E-state index is -1.62. The van der Waals surface area contributed by atoms with Crippen LogP contribution in [0.15, 0.2) is 53.8 Å². The van der Waals surface area contributed by atoms with Gasteiger partial charge in [0.2, 0.25) is 6.10 Å². The van der Waals surface area contributed by atoms with E-state index < -0.39 is 25.1 Å². The Balaban J connectivity index is 1.60. The summed E-state index contributed by atoms with van der Waals surface area (Å²) < 4.78 is 0. The van der Waals surface area contributed by atoms with E-state index in [4.69, 9.17) is 4.84 Å². The highest BCUT2D eigenvalue weighted by Gasteiger charge is 2.33. The Kier molecular flexibility index (Phi) is 6.43. The topological polar surface area (TPSA) is 104 Å².